The summed E-state index contributed by atoms with van der Waals surface area (Å²) in [5, 5.41) is 14.5. The Labute approximate surface area is 200 Å². The summed E-state index contributed by atoms with van der Waals surface area (Å²) in [6.07, 6.45) is 6.12. The number of oxime groups is 1. The molecule has 1 saturated carbocycles. The lowest BCUT2D eigenvalue weighted by Crippen LogP contribution is -2.23. The standard InChI is InChI=1S/C26H25F2N5O2/c1-3-21-18-10-8-15(13-23(18)33(30-21)17-6-4-5-7-17)22-14-26(2,35-31-22)25-29-24(34-32-25)16-9-11-19(27)20(28)12-16/h8-13,17H,3-7,14H2,1-2H3. The predicted octanol–water partition coefficient (Wildman–Crippen LogP) is 6.08. The van der Waals surface area contributed by atoms with Gasteiger partial charge < -0.3 is 9.36 Å². The third-order valence-electron chi connectivity index (χ3n) is 7.05. The molecule has 0 radical (unpaired) electrons. The average Bonchev–Trinajstić information content (AvgIpc) is 3.66. The Bertz CT molecular complexity index is 1450. The van der Waals surface area contributed by atoms with Gasteiger partial charge in [0.25, 0.3) is 5.89 Å². The Kier molecular flexibility index (Phi) is 5.16. The first kappa shape index (κ1) is 21.9. The number of aryl methyl sites for hydroxylation is 1. The molecule has 35 heavy (non-hydrogen) atoms. The maximum atomic E-state index is 13.6. The fraction of sp³-hybridized carbons (Fsp3) is 0.385. The van der Waals surface area contributed by atoms with Gasteiger partial charge in [-0.05, 0) is 50.5 Å². The van der Waals surface area contributed by atoms with Crippen LogP contribution in [0.15, 0.2) is 46.1 Å². The van der Waals surface area contributed by atoms with Crippen molar-refractivity contribution >= 4 is 16.6 Å². The van der Waals surface area contributed by atoms with Crippen LogP contribution in [0.2, 0.25) is 0 Å². The number of nitrogens with zero attached hydrogens (tertiary/aromatic N) is 5. The second kappa shape index (κ2) is 8.25. The fourth-order valence-corrected chi connectivity index (χ4v) is 5.07. The molecule has 1 aliphatic carbocycles. The number of halogens is 2. The lowest BCUT2D eigenvalue weighted by atomic mass is 9.94. The Morgan fingerprint density at radius 3 is 2.63 bits per heavy atom. The molecule has 1 unspecified atom stereocenters. The van der Waals surface area contributed by atoms with Crippen LogP contribution in [-0.4, -0.2) is 25.6 Å². The van der Waals surface area contributed by atoms with E-state index in [1.54, 1.807) is 0 Å². The lowest BCUT2D eigenvalue weighted by Gasteiger charge is -2.16. The SMILES string of the molecule is CCc1nn(C2CCCC2)c2cc(C3=NOC(C)(c4noc(-c5ccc(F)c(F)c5)n4)C3)ccc12. The molecule has 2 aromatic carbocycles. The van der Waals surface area contributed by atoms with Gasteiger partial charge in [-0.2, -0.15) is 10.1 Å². The fourth-order valence-electron chi connectivity index (χ4n) is 5.07. The number of benzene rings is 2. The first-order valence-corrected chi connectivity index (χ1v) is 12.0. The van der Waals surface area contributed by atoms with Crippen LogP contribution in [0.25, 0.3) is 22.4 Å². The van der Waals surface area contributed by atoms with Gasteiger partial charge in [-0.15, -0.1) is 0 Å². The van der Waals surface area contributed by atoms with Crippen molar-refractivity contribution in [2.24, 2.45) is 5.16 Å². The number of hydrogen-bond donors (Lipinski definition) is 0. The van der Waals surface area contributed by atoms with Crippen molar-refractivity contribution in [1.82, 2.24) is 19.9 Å². The first-order valence-electron chi connectivity index (χ1n) is 12.0. The van der Waals surface area contributed by atoms with Crippen molar-refractivity contribution < 1.29 is 18.1 Å². The van der Waals surface area contributed by atoms with Gasteiger partial charge in [0.2, 0.25) is 11.4 Å². The van der Waals surface area contributed by atoms with Crippen molar-refractivity contribution in [3.63, 3.8) is 0 Å². The van der Waals surface area contributed by atoms with Gasteiger partial charge >= 0.3 is 0 Å². The van der Waals surface area contributed by atoms with E-state index >= 15 is 0 Å². The van der Waals surface area contributed by atoms with E-state index in [9.17, 15) is 8.78 Å². The molecule has 2 aliphatic rings. The van der Waals surface area contributed by atoms with E-state index in [4.69, 9.17) is 14.5 Å². The number of hydrogen-bond acceptors (Lipinski definition) is 6. The molecule has 1 fully saturated rings. The molecule has 0 spiro atoms. The van der Waals surface area contributed by atoms with Crippen LogP contribution in [0.4, 0.5) is 8.78 Å². The van der Waals surface area contributed by atoms with Gasteiger partial charge in [-0.3, -0.25) is 4.68 Å². The van der Waals surface area contributed by atoms with Gasteiger partial charge in [0, 0.05) is 22.9 Å². The molecular formula is C26H25F2N5O2. The Morgan fingerprint density at radius 1 is 1.06 bits per heavy atom. The molecule has 6 rings (SSSR count). The first-order chi connectivity index (χ1) is 16.9. The Morgan fingerprint density at radius 2 is 1.86 bits per heavy atom. The summed E-state index contributed by atoms with van der Waals surface area (Å²) in [5.41, 5.74) is 3.35. The number of aromatic nitrogens is 4. The van der Waals surface area contributed by atoms with E-state index in [1.165, 1.54) is 24.3 Å². The predicted molar refractivity (Wildman–Crippen MR) is 126 cm³/mol. The summed E-state index contributed by atoms with van der Waals surface area (Å²) in [4.78, 5) is 10.2. The normalized spacial score (nSPS) is 20.5. The zero-order chi connectivity index (χ0) is 24.2. The van der Waals surface area contributed by atoms with Gasteiger partial charge in [0.05, 0.1) is 23.0 Å². The maximum Gasteiger partial charge on any atom is 0.258 e. The van der Waals surface area contributed by atoms with Crippen molar-refractivity contribution in [1.29, 1.82) is 0 Å². The second-order valence-corrected chi connectivity index (χ2v) is 9.50. The van der Waals surface area contributed by atoms with Crippen LogP contribution in [-0.2, 0) is 16.9 Å². The van der Waals surface area contributed by atoms with Crippen molar-refractivity contribution in [3.8, 4) is 11.5 Å². The van der Waals surface area contributed by atoms with Crippen LogP contribution < -0.4 is 0 Å². The van der Waals surface area contributed by atoms with E-state index in [-0.39, 0.29) is 5.89 Å². The highest BCUT2D eigenvalue weighted by atomic mass is 19.2. The summed E-state index contributed by atoms with van der Waals surface area (Å²) >= 11 is 0. The molecule has 2 aromatic heterocycles. The van der Waals surface area contributed by atoms with Crippen LogP contribution in [0, 0.1) is 11.6 Å². The van der Waals surface area contributed by atoms with E-state index in [0.717, 1.165) is 53.9 Å². The second-order valence-electron chi connectivity index (χ2n) is 9.50. The number of rotatable bonds is 5. The molecule has 7 nitrogen and oxygen atoms in total. The van der Waals surface area contributed by atoms with Gasteiger partial charge in [-0.25, -0.2) is 8.78 Å². The van der Waals surface area contributed by atoms with Crippen molar-refractivity contribution in [2.45, 2.75) is 64.0 Å². The largest absolute Gasteiger partial charge is 0.380 e. The van der Waals surface area contributed by atoms with Crippen molar-refractivity contribution in [3.05, 3.63) is 65.1 Å². The summed E-state index contributed by atoms with van der Waals surface area (Å²) < 4.78 is 34.4. The van der Waals surface area contributed by atoms with Crippen LogP contribution >= 0.6 is 0 Å². The zero-order valence-corrected chi connectivity index (χ0v) is 19.6. The lowest BCUT2D eigenvalue weighted by molar-refractivity contribution is -0.0159. The van der Waals surface area contributed by atoms with Crippen LogP contribution in [0.5, 0.6) is 0 Å². The summed E-state index contributed by atoms with van der Waals surface area (Å²) in [5.74, 6) is -1.53. The molecule has 0 amide bonds. The molecule has 0 N–H and O–H groups in total. The third-order valence-corrected chi connectivity index (χ3v) is 7.05. The third kappa shape index (κ3) is 3.69. The van der Waals surface area contributed by atoms with Crippen LogP contribution in [0.1, 0.15) is 69.1 Å². The molecule has 1 aliphatic heterocycles. The molecule has 180 valence electrons. The summed E-state index contributed by atoms with van der Waals surface area (Å²) in [6.45, 7) is 3.97. The summed E-state index contributed by atoms with van der Waals surface area (Å²) in [7, 11) is 0. The van der Waals surface area contributed by atoms with Gasteiger partial charge in [0.15, 0.2) is 11.6 Å². The van der Waals surface area contributed by atoms with Gasteiger partial charge in [-0.1, -0.05) is 42.2 Å². The highest BCUT2D eigenvalue weighted by Crippen LogP contribution is 2.37. The quantitative estimate of drug-likeness (QED) is 0.348. The van der Waals surface area contributed by atoms with Crippen molar-refractivity contribution in [2.75, 3.05) is 0 Å². The van der Waals surface area contributed by atoms with E-state index in [1.807, 2.05) is 6.92 Å². The minimum absolute atomic E-state index is 0.0890. The maximum absolute atomic E-state index is 13.6. The van der Waals surface area contributed by atoms with E-state index in [0.29, 0.717) is 23.9 Å². The molecule has 0 saturated heterocycles. The Balaban J connectivity index is 1.28. The highest BCUT2D eigenvalue weighted by molar-refractivity contribution is 6.04. The Hall–Kier alpha value is -3.62. The smallest absolute Gasteiger partial charge is 0.258 e. The monoisotopic (exact) mass is 477 g/mol. The zero-order valence-electron chi connectivity index (χ0n) is 19.6. The molecule has 3 heterocycles. The minimum Gasteiger partial charge on any atom is -0.380 e. The molecule has 1 atom stereocenters. The molecular weight excluding hydrogens is 452 g/mol. The van der Waals surface area contributed by atoms with E-state index < -0.39 is 17.2 Å². The molecule has 9 heteroatoms. The minimum atomic E-state index is -0.977. The van der Waals surface area contributed by atoms with Gasteiger partial charge in [0.1, 0.15) is 0 Å². The highest BCUT2D eigenvalue weighted by Gasteiger charge is 2.41. The molecule has 4 aromatic rings. The molecule has 0 bridgehead atoms. The summed E-state index contributed by atoms with van der Waals surface area (Å²) in [6, 6.07) is 10.2. The average molecular weight is 478 g/mol. The van der Waals surface area contributed by atoms with E-state index in [2.05, 4.69) is 45.1 Å². The number of fused-ring (bicyclic) bond motifs is 1. The van der Waals surface area contributed by atoms with Crippen LogP contribution in [0.3, 0.4) is 0 Å². The topological polar surface area (TPSA) is 78.3 Å².